The van der Waals surface area contributed by atoms with Gasteiger partial charge in [-0.2, -0.15) is 23.4 Å². The molecule has 3 aromatic rings. The van der Waals surface area contributed by atoms with E-state index < -0.39 is 35.9 Å². The van der Waals surface area contributed by atoms with Crippen molar-refractivity contribution in [2.75, 3.05) is 6.54 Å². The average molecular weight is 522 g/mol. The van der Waals surface area contributed by atoms with Crippen molar-refractivity contribution in [3.8, 4) is 17.1 Å². The maximum absolute atomic E-state index is 13.2. The van der Waals surface area contributed by atoms with Crippen LogP contribution >= 0.6 is 11.6 Å². The Balaban J connectivity index is 1.64. The molecule has 188 valence electrons. The van der Waals surface area contributed by atoms with Crippen molar-refractivity contribution in [2.45, 2.75) is 31.9 Å². The molecule has 0 fully saturated rings. The van der Waals surface area contributed by atoms with Crippen molar-refractivity contribution in [1.29, 1.82) is 0 Å². The summed E-state index contributed by atoms with van der Waals surface area (Å²) in [6.07, 6.45) is -9.23. The fourth-order valence-electron chi connectivity index (χ4n) is 4.19. The number of aromatic nitrogens is 4. The van der Waals surface area contributed by atoms with Gasteiger partial charge in [0.05, 0.1) is 33.7 Å². The van der Waals surface area contributed by atoms with Crippen molar-refractivity contribution >= 4 is 17.5 Å². The molecule has 1 atom stereocenters. The number of aryl methyl sites for hydroxylation is 2. The van der Waals surface area contributed by atoms with E-state index in [1.807, 2.05) is 0 Å². The predicted molar refractivity (Wildman–Crippen MR) is 112 cm³/mol. The van der Waals surface area contributed by atoms with Gasteiger partial charge < -0.3 is 9.64 Å². The summed E-state index contributed by atoms with van der Waals surface area (Å²) in [5, 5.41) is 7.79. The zero-order chi connectivity index (χ0) is 25.9. The third-order valence-electron chi connectivity index (χ3n) is 5.72. The van der Waals surface area contributed by atoms with E-state index in [4.69, 9.17) is 11.6 Å². The standard InChI is InChI=1S/C21H18ClF6N5O2/c1-10-17-13(18(32(3)30-17)15-9-16(20(23,24)25)29-31(15)2)6-7-33(10)19(34)12-5-4-11(8-14(12)22)35-21(26,27)28/h4-5,8-10H,6-7H2,1-3H3. The molecule has 0 saturated heterocycles. The Kier molecular flexibility index (Phi) is 6.02. The van der Waals surface area contributed by atoms with Crippen LogP contribution in [0.5, 0.6) is 5.75 Å². The first-order chi connectivity index (χ1) is 16.2. The zero-order valence-corrected chi connectivity index (χ0v) is 19.3. The predicted octanol–water partition coefficient (Wildman–Crippen LogP) is 5.15. The summed E-state index contributed by atoms with van der Waals surface area (Å²) in [5.74, 6) is -1.09. The first kappa shape index (κ1) is 24.9. The van der Waals surface area contributed by atoms with Crippen molar-refractivity contribution in [1.82, 2.24) is 24.5 Å². The number of fused-ring (bicyclic) bond motifs is 1. The topological polar surface area (TPSA) is 65.2 Å². The van der Waals surface area contributed by atoms with Gasteiger partial charge in [-0.1, -0.05) is 11.6 Å². The van der Waals surface area contributed by atoms with Crippen molar-refractivity contribution in [3.05, 3.63) is 51.8 Å². The lowest BCUT2D eigenvalue weighted by Gasteiger charge is -2.33. The quantitative estimate of drug-likeness (QED) is 0.447. The number of rotatable bonds is 3. The fourth-order valence-corrected chi connectivity index (χ4v) is 4.44. The normalized spacial score (nSPS) is 16.4. The smallest absolute Gasteiger partial charge is 0.406 e. The van der Waals surface area contributed by atoms with Crippen LogP contribution in [0.3, 0.4) is 0 Å². The van der Waals surface area contributed by atoms with Crippen LogP contribution in [-0.2, 0) is 26.7 Å². The molecule has 3 heterocycles. The van der Waals surface area contributed by atoms with E-state index in [9.17, 15) is 31.1 Å². The summed E-state index contributed by atoms with van der Waals surface area (Å²) in [7, 11) is 2.99. The number of hydrogen-bond donors (Lipinski definition) is 0. The van der Waals surface area contributed by atoms with Gasteiger partial charge >= 0.3 is 12.5 Å². The number of carbonyl (C=O) groups excluding carboxylic acids is 1. The van der Waals surface area contributed by atoms with Gasteiger partial charge in [0.25, 0.3) is 5.91 Å². The Morgan fingerprint density at radius 2 is 1.77 bits per heavy atom. The largest absolute Gasteiger partial charge is 0.573 e. The maximum atomic E-state index is 13.2. The molecule has 1 aromatic carbocycles. The van der Waals surface area contributed by atoms with E-state index in [0.717, 1.165) is 28.9 Å². The number of hydrogen-bond acceptors (Lipinski definition) is 4. The lowest BCUT2D eigenvalue weighted by molar-refractivity contribution is -0.274. The molecule has 0 spiro atoms. The van der Waals surface area contributed by atoms with Gasteiger partial charge in [-0.25, -0.2) is 0 Å². The van der Waals surface area contributed by atoms with Gasteiger partial charge in [0.15, 0.2) is 5.69 Å². The molecule has 35 heavy (non-hydrogen) atoms. The maximum Gasteiger partial charge on any atom is 0.573 e. The van der Waals surface area contributed by atoms with Gasteiger partial charge in [0.1, 0.15) is 5.75 Å². The Labute approximate surface area is 199 Å². The lowest BCUT2D eigenvalue weighted by Crippen LogP contribution is -2.39. The molecule has 1 aliphatic rings. The second-order valence-electron chi connectivity index (χ2n) is 7.99. The van der Waals surface area contributed by atoms with Crippen LogP contribution < -0.4 is 4.74 Å². The SMILES string of the molecule is CC1c2nn(C)c(-c3cc(C(F)(F)F)nn3C)c2CCN1C(=O)c1ccc(OC(F)(F)F)cc1Cl. The molecule has 1 aliphatic heterocycles. The number of ether oxygens (including phenoxy) is 1. The lowest BCUT2D eigenvalue weighted by atomic mass is 9.96. The highest BCUT2D eigenvalue weighted by Gasteiger charge is 2.38. The number of nitrogens with zero attached hydrogens (tertiary/aromatic N) is 5. The van der Waals surface area contributed by atoms with E-state index in [2.05, 4.69) is 14.9 Å². The fraction of sp³-hybridized carbons (Fsp3) is 0.381. The zero-order valence-electron chi connectivity index (χ0n) is 18.5. The summed E-state index contributed by atoms with van der Waals surface area (Å²) in [4.78, 5) is 14.6. The van der Waals surface area contributed by atoms with E-state index >= 15 is 0 Å². The molecule has 1 amide bonds. The molecule has 1 unspecified atom stereocenters. The van der Waals surface area contributed by atoms with Crippen LogP contribution in [0.4, 0.5) is 26.3 Å². The van der Waals surface area contributed by atoms with Crippen molar-refractivity contribution < 1.29 is 35.9 Å². The molecule has 7 nitrogen and oxygen atoms in total. The number of amides is 1. The highest BCUT2D eigenvalue weighted by Crippen LogP contribution is 2.38. The van der Waals surface area contributed by atoms with Gasteiger partial charge in [-0.05, 0) is 37.6 Å². The van der Waals surface area contributed by atoms with Crippen LogP contribution in [0.15, 0.2) is 24.3 Å². The molecular weight excluding hydrogens is 504 g/mol. The summed E-state index contributed by atoms with van der Waals surface area (Å²) >= 11 is 6.07. The minimum absolute atomic E-state index is 0.0194. The Morgan fingerprint density at radius 3 is 2.34 bits per heavy atom. The van der Waals surface area contributed by atoms with E-state index in [0.29, 0.717) is 17.0 Å². The van der Waals surface area contributed by atoms with Crippen molar-refractivity contribution in [3.63, 3.8) is 0 Å². The van der Waals surface area contributed by atoms with Gasteiger partial charge in [-0.3, -0.25) is 14.2 Å². The summed E-state index contributed by atoms with van der Waals surface area (Å²) in [5.41, 5.74) is 0.804. The number of halogens is 7. The molecular formula is C21H18ClF6N5O2. The highest BCUT2D eigenvalue weighted by atomic mass is 35.5. The van der Waals surface area contributed by atoms with Crippen LogP contribution in [0.25, 0.3) is 11.4 Å². The van der Waals surface area contributed by atoms with E-state index in [-0.39, 0.29) is 29.2 Å². The first-order valence-electron chi connectivity index (χ1n) is 10.2. The van der Waals surface area contributed by atoms with Crippen LogP contribution in [0, 0.1) is 0 Å². The third kappa shape index (κ3) is 4.68. The number of benzene rings is 1. The van der Waals surface area contributed by atoms with Crippen molar-refractivity contribution in [2.24, 2.45) is 14.1 Å². The highest BCUT2D eigenvalue weighted by molar-refractivity contribution is 6.34. The Morgan fingerprint density at radius 1 is 1.09 bits per heavy atom. The monoisotopic (exact) mass is 521 g/mol. The summed E-state index contributed by atoms with van der Waals surface area (Å²) in [6.45, 7) is 1.89. The molecule has 4 rings (SSSR count). The molecule has 0 radical (unpaired) electrons. The average Bonchev–Trinajstić information content (AvgIpc) is 3.26. The van der Waals surface area contributed by atoms with E-state index in [1.54, 1.807) is 14.0 Å². The molecule has 0 saturated carbocycles. The number of alkyl halides is 6. The molecule has 2 aromatic heterocycles. The molecule has 0 bridgehead atoms. The third-order valence-corrected chi connectivity index (χ3v) is 6.03. The Bertz CT molecular complexity index is 1300. The van der Waals surface area contributed by atoms with E-state index in [1.165, 1.54) is 16.6 Å². The summed E-state index contributed by atoms with van der Waals surface area (Å²) in [6, 6.07) is 3.41. The summed E-state index contributed by atoms with van der Waals surface area (Å²) < 4.78 is 83.2. The molecule has 0 N–H and O–H groups in total. The van der Waals surface area contributed by atoms with Crippen LogP contribution in [0.2, 0.25) is 5.02 Å². The minimum Gasteiger partial charge on any atom is -0.406 e. The Hall–Kier alpha value is -3.22. The molecule has 0 aliphatic carbocycles. The van der Waals surface area contributed by atoms with Gasteiger partial charge in [0, 0.05) is 26.2 Å². The van der Waals surface area contributed by atoms with Crippen LogP contribution in [-0.4, -0.2) is 43.3 Å². The first-order valence-corrected chi connectivity index (χ1v) is 10.6. The minimum atomic E-state index is -4.90. The second kappa shape index (κ2) is 8.47. The number of carbonyl (C=O) groups is 1. The molecule has 14 heteroatoms. The van der Waals surface area contributed by atoms with Crippen LogP contribution in [0.1, 0.15) is 40.3 Å². The van der Waals surface area contributed by atoms with Gasteiger partial charge in [-0.15, -0.1) is 13.2 Å². The van der Waals surface area contributed by atoms with Gasteiger partial charge in [0.2, 0.25) is 0 Å². The second-order valence-corrected chi connectivity index (χ2v) is 8.39.